The molecule has 0 spiro atoms. The molecule has 1 aromatic heterocycles. The molecule has 0 amide bonds. The molecule has 3 heterocycles. The van der Waals surface area contributed by atoms with Gasteiger partial charge in [-0.2, -0.15) is 0 Å². The Kier molecular flexibility index (Phi) is 3.50. The van der Waals surface area contributed by atoms with Gasteiger partial charge < -0.3 is 11.1 Å². The van der Waals surface area contributed by atoms with Crippen molar-refractivity contribution in [3.05, 3.63) is 77.3 Å². The molecular formula is C21H21N5. The van der Waals surface area contributed by atoms with Crippen LogP contribution < -0.4 is 11.1 Å². The van der Waals surface area contributed by atoms with E-state index in [1.807, 2.05) is 12.4 Å². The zero-order chi connectivity index (χ0) is 17.6. The van der Waals surface area contributed by atoms with Gasteiger partial charge in [0.05, 0.1) is 11.6 Å². The number of benzene rings is 1. The number of fused-ring (bicyclic) bond motifs is 2. The first-order chi connectivity index (χ1) is 12.8. The first-order valence-electron chi connectivity index (χ1n) is 9.05. The molecule has 2 atom stereocenters. The highest BCUT2D eigenvalue weighted by Crippen LogP contribution is 2.40. The Labute approximate surface area is 152 Å². The predicted molar refractivity (Wildman–Crippen MR) is 103 cm³/mol. The van der Waals surface area contributed by atoms with Crippen molar-refractivity contribution < 1.29 is 0 Å². The molecule has 5 rings (SSSR count). The maximum atomic E-state index is 6.30. The van der Waals surface area contributed by atoms with Crippen LogP contribution in [-0.4, -0.2) is 23.7 Å². The van der Waals surface area contributed by atoms with Crippen LogP contribution in [0.5, 0.6) is 0 Å². The third-order valence-electron chi connectivity index (χ3n) is 5.88. The third-order valence-corrected chi connectivity index (χ3v) is 5.88. The summed E-state index contributed by atoms with van der Waals surface area (Å²) in [6.45, 7) is 0.622. The summed E-state index contributed by atoms with van der Waals surface area (Å²) in [5, 5.41) is 3.19. The van der Waals surface area contributed by atoms with E-state index < -0.39 is 0 Å². The van der Waals surface area contributed by atoms with Crippen LogP contribution in [0.3, 0.4) is 0 Å². The number of aliphatic imine (C=N–C) groups is 2. The van der Waals surface area contributed by atoms with Crippen molar-refractivity contribution in [3.8, 4) is 0 Å². The Morgan fingerprint density at radius 3 is 2.73 bits per heavy atom. The fraction of sp³-hybridized carbons (Fsp3) is 0.286. The van der Waals surface area contributed by atoms with Gasteiger partial charge in [-0.05, 0) is 47.9 Å². The van der Waals surface area contributed by atoms with Gasteiger partial charge in [-0.15, -0.1) is 0 Å². The lowest BCUT2D eigenvalue weighted by atomic mass is 9.77. The molecule has 1 aromatic carbocycles. The number of hydrogen-bond acceptors (Lipinski definition) is 5. The van der Waals surface area contributed by atoms with E-state index in [9.17, 15) is 0 Å². The molecule has 5 nitrogen and oxygen atoms in total. The maximum absolute atomic E-state index is 6.30. The van der Waals surface area contributed by atoms with Crippen molar-refractivity contribution in [2.45, 2.75) is 24.3 Å². The predicted octanol–water partition coefficient (Wildman–Crippen LogP) is 2.29. The molecular weight excluding hydrogens is 322 g/mol. The van der Waals surface area contributed by atoms with Crippen molar-refractivity contribution >= 4 is 12.2 Å². The standard InChI is InChI=1S/C21H21N5/c22-12-21(10-14-3-1-2-4-15(14)11-21)16-5-7-23-18(9-16)19-17-6-8-24-20(17)26-13-25-19/h1-9,13,17,19H,10-12,22H2,(H,24,25,26). The molecule has 3 N–H and O–H groups in total. The van der Waals surface area contributed by atoms with Gasteiger partial charge in [0.2, 0.25) is 0 Å². The second-order valence-corrected chi connectivity index (χ2v) is 7.33. The van der Waals surface area contributed by atoms with Crippen LogP contribution in [0.1, 0.15) is 28.4 Å². The van der Waals surface area contributed by atoms with Gasteiger partial charge in [0.25, 0.3) is 0 Å². The maximum Gasteiger partial charge on any atom is 0.117 e. The topological polar surface area (TPSA) is 75.7 Å². The molecule has 3 aliphatic rings. The number of pyridine rings is 1. The molecule has 26 heavy (non-hydrogen) atoms. The third kappa shape index (κ3) is 2.31. The van der Waals surface area contributed by atoms with E-state index in [-0.39, 0.29) is 17.4 Å². The highest BCUT2D eigenvalue weighted by atomic mass is 15.1. The molecule has 1 aliphatic carbocycles. The minimum Gasteiger partial charge on any atom is -0.350 e. The quantitative estimate of drug-likeness (QED) is 0.898. The van der Waals surface area contributed by atoms with Crippen LogP contribution in [0.2, 0.25) is 0 Å². The second kappa shape index (κ2) is 5.88. The summed E-state index contributed by atoms with van der Waals surface area (Å²) < 4.78 is 0. The summed E-state index contributed by atoms with van der Waals surface area (Å²) in [5.74, 6) is 1.08. The monoisotopic (exact) mass is 343 g/mol. The van der Waals surface area contributed by atoms with Gasteiger partial charge in [-0.25, -0.2) is 4.99 Å². The van der Waals surface area contributed by atoms with Crippen molar-refractivity contribution in [1.82, 2.24) is 10.3 Å². The molecule has 2 unspecified atom stereocenters. The van der Waals surface area contributed by atoms with Gasteiger partial charge >= 0.3 is 0 Å². The van der Waals surface area contributed by atoms with Crippen LogP contribution >= 0.6 is 0 Å². The van der Waals surface area contributed by atoms with Crippen molar-refractivity contribution in [3.63, 3.8) is 0 Å². The number of nitrogens with one attached hydrogen (secondary N) is 1. The van der Waals surface area contributed by atoms with Gasteiger partial charge in [-0.1, -0.05) is 30.3 Å². The molecule has 5 heteroatoms. The van der Waals surface area contributed by atoms with Crippen LogP contribution in [0, 0.1) is 5.92 Å². The molecule has 0 saturated heterocycles. The molecule has 0 fully saturated rings. The Bertz CT molecular complexity index is 918. The van der Waals surface area contributed by atoms with Gasteiger partial charge in [-0.3, -0.25) is 9.98 Å². The Balaban J connectivity index is 1.52. The van der Waals surface area contributed by atoms with Gasteiger partial charge in [0.15, 0.2) is 0 Å². The van der Waals surface area contributed by atoms with Crippen LogP contribution in [-0.2, 0) is 18.3 Å². The summed E-state index contributed by atoms with van der Waals surface area (Å²) in [6, 6.07) is 13.0. The summed E-state index contributed by atoms with van der Waals surface area (Å²) in [7, 11) is 0. The fourth-order valence-corrected chi connectivity index (χ4v) is 4.42. The van der Waals surface area contributed by atoms with E-state index in [4.69, 9.17) is 5.73 Å². The highest BCUT2D eigenvalue weighted by Gasteiger charge is 2.38. The first kappa shape index (κ1) is 15.5. The number of nitrogens with zero attached hydrogens (tertiary/aromatic N) is 3. The van der Waals surface area contributed by atoms with E-state index in [0.717, 1.165) is 24.4 Å². The van der Waals surface area contributed by atoms with Crippen LogP contribution in [0.4, 0.5) is 0 Å². The Morgan fingerprint density at radius 2 is 1.96 bits per heavy atom. The summed E-state index contributed by atoms with van der Waals surface area (Å²) in [6.07, 6.45) is 9.54. The van der Waals surface area contributed by atoms with Crippen molar-refractivity contribution in [2.24, 2.45) is 21.6 Å². The van der Waals surface area contributed by atoms with Crippen LogP contribution in [0.15, 0.2) is 64.9 Å². The first-order valence-corrected chi connectivity index (χ1v) is 9.05. The summed E-state index contributed by atoms with van der Waals surface area (Å²) >= 11 is 0. The van der Waals surface area contributed by atoms with Crippen molar-refractivity contribution in [2.75, 3.05) is 6.54 Å². The smallest absolute Gasteiger partial charge is 0.117 e. The van der Waals surface area contributed by atoms with E-state index in [1.165, 1.54) is 16.7 Å². The van der Waals surface area contributed by atoms with E-state index in [2.05, 4.69) is 62.8 Å². The lowest BCUT2D eigenvalue weighted by molar-refractivity contribution is 0.461. The number of amidine groups is 1. The largest absolute Gasteiger partial charge is 0.350 e. The molecule has 0 radical (unpaired) electrons. The minimum atomic E-state index is -0.0551. The normalized spacial score (nSPS) is 24.7. The zero-order valence-electron chi connectivity index (χ0n) is 14.5. The molecule has 0 bridgehead atoms. The summed E-state index contributed by atoms with van der Waals surface area (Å²) in [4.78, 5) is 13.6. The number of hydrogen-bond donors (Lipinski definition) is 2. The SMILES string of the molecule is NCC1(c2ccnc(C3N=CN=C4NC=CC43)c2)Cc2ccccc2C1. The second-order valence-electron chi connectivity index (χ2n) is 7.33. The van der Waals surface area contributed by atoms with E-state index >= 15 is 0 Å². The lowest BCUT2D eigenvalue weighted by Gasteiger charge is -2.29. The molecule has 2 aliphatic heterocycles. The Hall–Kier alpha value is -2.79. The van der Waals surface area contributed by atoms with E-state index in [0.29, 0.717) is 6.54 Å². The zero-order valence-corrected chi connectivity index (χ0v) is 14.5. The number of nitrogens with two attached hydrogens (primary N) is 1. The van der Waals surface area contributed by atoms with Crippen LogP contribution in [0.25, 0.3) is 0 Å². The minimum absolute atomic E-state index is 0.0349. The van der Waals surface area contributed by atoms with E-state index in [1.54, 1.807) is 6.34 Å². The molecule has 2 aromatic rings. The van der Waals surface area contributed by atoms with Crippen molar-refractivity contribution in [1.29, 1.82) is 0 Å². The Morgan fingerprint density at radius 1 is 1.15 bits per heavy atom. The highest BCUT2D eigenvalue weighted by molar-refractivity contribution is 5.96. The van der Waals surface area contributed by atoms with Gasteiger partial charge in [0.1, 0.15) is 18.2 Å². The average Bonchev–Trinajstić information content (AvgIpc) is 3.32. The molecule has 0 saturated carbocycles. The average molecular weight is 343 g/mol. The summed E-state index contributed by atoms with van der Waals surface area (Å²) in [5.41, 5.74) is 11.3. The molecule has 130 valence electrons. The fourth-order valence-electron chi connectivity index (χ4n) is 4.42. The van der Waals surface area contributed by atoms with Gasteiger partial charge in [0, 0.05) is 18.2 Å². The lowest BCUT2D eigenvalue weighted by Crippen LogP contribution is -2.36. The number of aromatic nitrogens is 1. The number of rotatable bonds is 3.